The highest BCUT2D eigenvalue weighted by Crippen LogP contribution is 2.43. The van der Waals surface area contributed by atoms with Gasteiger partial charge in [-0.25, -0.2) is 9.18 Å². The lowest BCUT2D eigenvalue weighted by molar-refractivity contribution is -0.160. The van der Waals surface area contributed by atoms with Crippen LogP contribution in [-0.4, -0.2) is 21.7 Å². The Balaban J connectivity index is 2.20. The largest absolute Gasteiger partial charge is 0.479 e. The monoisotopic (exact) mass is 431 g/mol. The van der Waals surface area contributed by atoms with Gasteiger partial charge in [-0.1, -0.05) is 36.4 Å². The maximum atomic E-state index is 15.6. The molecule has 164 valence electrons. The van der Waals surface area contributed by atoms with E-state index in [9.17, 15) is 9.90 Å². The van der Waals surface area contributed by atoms with Crippen molar-refractivity contribution >= 4 is 27.6 Å². The van der Waals surface area contributed by atoms with Gasteiger partial charge in [0.1, 0.15) is 5.82 Å². The van der Waals surface area contributed by atoms with Gasteiger partial charge in [0.25, 0.3) is 0 Å². The van der Waals surface area contributed by atoms with Crippen molar-refractivity contribution in [1.29, 1.82) is 0 Å². The van der Waals surface area contributed by atoms with Crippen molar-refractivity contribution in [2.45, 2.75) is 46.3 Å². The normalized spacial score (nSPS) is 12.9. The molecule has 0 bridgehead atoms. The number of fused-ring (bicyclic) bond motifs is 2. The molecule has 3 aromatic carbocycles. The highest BCUT2D eigenvalue weighted by atomic mass is 19.1. The standard InChI is InChI=1S/C27H26FNO3/c1-15-14-18-8-6-7-9-19(18)22(21(15)25(26(30)31)32-27(3,4)5)23-20(28)13-12-17-11-10-16(2)29-24(17)23/h6-14,25H,1-5H3,(H,30,31). The molecule has 32 heavy (non-hydrogen) atoms. The molecule has 4 nitrogen and oxygen atoms in total. The fraction of sp³-hybridized carbons (Fsp3) is 0.259. The first-order valence-corrected chi connectivity index (χ1v) is 10.6. The summed E-state index contributed by atoms with van der Waals surface area (Å²) in [5.41, 5.74) is 2.51. The first-order valence-electron chi connectivity index (χ1n) is 10.6. The molecule has 4 rings (SSSR count). The Morgan fingerprint density at radius 2 is 1.69 bits per heavy atom. The van der Waals surface area contributed by atoms with E-state index in [-0.39, 0.29) is 0 Å². The van der Waals surface area contributed by atoms with E-state index in [0.29, 0.717) is 22.2 Å². The Morgan fingerprint density at radius 3 is 2.38 bits per heavy atom. The van der Waals surface area contributed by atoms with Crippen LogP contribution in [0.4, 0.5) is 4.39 Å². The number of aryl methyl sites for hydroxylation is 2. The molecule has 0 spiro atoms. The zero-order valence-electron chi connectivity index (χ0n) is 18.9. The molecule has 1 heterocycles. The molecule has 5 heteroatoms. The van der Waals surface area contributed by atoms with Crippen molar-refractivity contribution in [1.82, 2.24) is 4.98 Å². The molecule has 1 unspecified atom stereocenters. The molecule has 0 aliphatic carbocycles. The number of aliphatic carboxylic acids is 1. The third kappa shape index (κ3) is 3.96. The molecule has 0 fully saturated rings. The highest BCUT2D eigenvalue weighted by molar-refractivity contribution is 6.07. The van der Waals surface area contributed by atoms with Crippen LogP contribution >= 0.6 is 0 Å². The lowest BCUT2D eigenvalue weighted by Gasteiger charge is -2.28. The third-order valence-electron chi connectivity index (χ3n) is 5.45. The van der Waals surface area contributed by atoms with E-state index >= 15 is 4.39 Å². The predicted octanol–water partition coefficient (Wildman–Crippen LogP) is 6.75. The topological polar surface area (TPSA) is 59.4 Å². The van der Waals surface area contributed by atoms with Crippen molar-refractivity contribution in [3.63, 3.8) is 0 Å². The Bertz CT molecular complexity index is 1350. The first-order chi connectivity index (χ1) is 15.1. The van der Waals surface area contributed by atoms with E-state index in [1.54, 1.807) is 6.07 Å². The zero-order chi connectivity index (χ0) is 23.2. The molecule has 0 saturated carbocycles. The van der Waals surface area contributed by atoms with Crippen molar-refractivity contribution in [2.75, 3.05) is 0 Å². The number of benzene rings is 3. The first kappa shape index (κ1) is 21.9. The Hall–Kier alpha value is -3.31. The molecule has 0 radical (unpaired) electrons. The Labute approximate surface area is 186 Å². The number of nitrogens with zero attached hydrogens (tertiary/aromatic N) is 1. The summed E-state index contributed by atoms with van der Waals surface area (Å²) in [6, 6.07) is 16.4. The number of carboxylic acid groups (broad SMARTS) is 1. The van der Waals surface area contributed by atoms with Gasteiger partial charge >= 0.3 is 5.97 Å². The number of carboxylic acids is 1. The van der Waals surface area contributed by atoms with Gasteiger partial charge in [0, 0.05) is 27.8 Å². The van der Waals surface area contributed by atoms with Gasteiger partial charge in [0.2, 0.25) is 0 Å². The SMILES string of the molecule is Cc1ccc2ccc(F)c(-c3c(C(OC(C)(C)C)C(=O)O)c(C)cc4ccccc34)c2n1. The second-order valence-corrected chi connectivity index (χ2v) is 9.10. The number of hydrogen-bond acceptors (Lipinski definition) is 3. The molecule has 1 N–H and O–H groups in total. The van der Waals surface area contributed by atoms with E-state index in [2.05, 4.69) is 4.98 Å². The van der Waals surface area contributed by atoms with Crippen LogP contribution in [0.25, 0.3) is 32.8 Å². The smallest absolute Gasteiger partial charge is 0.337 e. The summed E-state index contributed by atoms with van der Waals surface area (Å²) >= 11 is 0. The Morgan fingerprint density at radius 1 is 1.00 bits per heavy atom. The van der Waals surface area contributed by atoms with Gasteiger partial charge in [-0.05, 0) is 69.2 Å². The van der Waals surface area contributed by atoms with Gasteiger partial charge in [0.15, 0.2) is 6.10 Å². The van der Waals surface area contributed by atoms with E-state index < -0.39 is 23.5 Å². The number of carbonyl (C=O) groups is 1. The molecule has 0 saturated heterocycles. The minimum atomic E-state index is -1.27. The number of hydrogen-bond donors (Lipinski definition) is 1. The maximum Gasteiger partial charge on any atom is 0.337 e. The fourth-order valence-electron chi connectivity index (χ4n) is 4.20. The number of ether oxygens (including phenoxy) is 1. The van der Waals surface area contributed by atoms with Gasteiger partial charge in [-0.3, -0.25) is 4.98 Å². The molecule has 1 aromatic heterocycles. The number of rotatable bonds is 4. The maximum absolute atomic E-state index is 15.6. The quantitative estimate of drug-likeness (QED) is 0.388. The number of pyridine rings is 1. The summed E-state index contributed by atoms with van der Waals surface area (Å²) in [6.45, 7) is 9.12. The van der Waals surface area contributed by atoms with E-state index in [1.807, 2.05) is 77.1 Å². The number of aromatic nitrogens is 1. The van der Waals surface area contributed by atoms with Gasteiger partial charge in [-0.15, -0.1) is 0 Å². The van der Waals surface area contributed by atoms with Crippen LogP contribution < -0.4 is 0 Å². The molecule has 0 aliphatic heterocycles. The lowest BCUT2D eigenvalue weighted by Crippen LogP contribution is -2.28. The fourth-order valence-corrected chi connectivity index (χ4v) is 4.20. The molecular formula is C27H26FNO3. The summed E-state index contributed by atoms with van der Waals surface area (Å²) in [4.78, 5) is 17.1. The molecule has 0 amide bonds. The van der Waals surface area contributed by atoms with Crippen LogP contribution in [0.15, 0.2) is 54.6 Å². The third-order valence-corrected chi connectivity index (χ3v) is 5.45. The second kappa shape index (κ2) is 7.99. The van der Waals surface area contributed by atoms with Crippen LogP contribution in [-0.2, 0) is 9.53 Å². The highest BCUT2D eigenvalue weighted by Gasteiger charge is 2.32. The van der Waals surface area contributed by atoms with Crippen LogP contribution in [0.2, 0.25) is 0 Å². The summed E-state index contributed by atoms with van der Waals surface area (Å²) in [5, 5.41) is 12.6. The number of halogens is 1. The van der Waals surface area contributed by atoms with Crippen molar-refractivity contribution in [2.24, 2.45) is 0 Å². The van der Waals surface area contributed by atoms with Crippen LogP contribution in [0, 0.1) is 19.7 Å². The zero-order valence-corrected chi connectivity index (χ0v) is 18.9. The van der Waals surface area contributed by atoms with E-state index in [0.717, 1.165) is 27.4 Å². The molecule has 1 atom stereocenters. The molecule has 0 aliphatic rings. The van der Waals surface area contributed by atoms with Crippen molar-refractivity contribution in [3.8, 4) is 11.1 Å². The molecule has 4 aromatic rings. The summed E-state index contributed by atoms with van der Waals surface area (Å²) in [7, 11) is 0. The summed E-state index contributed by atoms with van der Waals surface area (Å²) in [6.07, 6.45) is -1.27. The van der Waals surface area contributed by atoms with Gasteiger partial charge in [-0.2, -0.15) is 0 Å². The van der Waals surface area contributed by atoms with Crippen molar-refractivity contribution < 1.29 is 19.0 Å². The van der Waals surface area contributed by atoms with Crippen molar-refractivity contribution in [3.05, 3.63) is 77.2 Å². The van der Waals surface area contributed by atoms with Crippen LogP contribution in [0.1, 0.15) is 43.7 Å². The second-order valence-electron chi connectivity index (χ2n) is 9.10. The average Bonchev–Trinajstić information content (AvgIpc) is 2.71. The van der Waals surface area contributed by atoms with Crippen LogP contribution in [0.3, 0.4) is 0 Å². The van der Waals surface area contributed by atoms with E-state index in [4.69, 9.17) is 4.74 Å². The predicted molar refractivity (Wildman–Crippen MR) is 125 cm³/mol. The summed E-state index contributed by atoms with van der Waals surface area (Å²) in [5.74, 6) is -1.57. The Kier molecular flexibility index (Phi) is 5.47. The van der Waals surface area contributed by atoms with Gasteiger partial charge in [0.05, 0.1) is 11.1 Å². The average molecular weight is 432 g/mol. The van der Waals surface area contributed by atoms with Gasteiger partial charge < -0.3 is 9.84 Å². The lowest BCUT2D eigenvalue weighted by atomic mass is 9.86. The van der Waals surface area contributed by atoms with Crippen LogP contribution in [0.5, 0.6) is 0 Å². The van der Waals surface area contributed by atoms with E-state index in [1.165, 1.54) is 6.07 Å². The molecular weight excluding hydrogens is 405 g/mol. The minimum Gasteiger partial charge on any atom is -0.479 e. The minimum absolute atomic E-state index is 0.296. The summed E-state index contributed by atoms with van der Waals surface area (Å²) < 4.78 is 21.6.